The molecule has 0 unspecified atom stereocenters. The van der Waals surface area contributed by atoms with Crippen molar-refractivity contribution in [2.45, 2.75) is 171 Å². The minimum Gasteiger partial charge on any atom is -0.389 e. The molecule has 20 rings (SSSR count). The number of fused-ring (bicyclic) bond motifs is 8. The first-order valence-electron chi connectivity index (χ1n) is 43.9. The zero-order chi connectivity index (χ0) is 94.4. The fourth-order valence-electron chi connectivity index (χ4n) is 21.5. The molecular formula is C103H98ClF7N12O9S. The lowest BCUT2D eigenvalue weighted by atomic mass is 9.65. The largest absolute Gasteiger partial charge is 0.389 e. The van der Waals surface area contributed by atoms with Crippen molar-refractivity contribution in [1.29, 1.82) is 0 Å². The van der Waals surface area contributed by atoms with Gasteiger partial charge in [-0.25, -0.2) is 63.0 Å². The molecule has 4 fully saturated rings. The second-order valence-corrected chi connectivity index (χ2v) is 39.0. The number of hydrogen-bond donors (Lipinski definition) is 8. The molecule has 0 bridgehead atoms. The third kappa shape index (κ3) is 16.8. The highest BCUT2D eigenvalue weighted by Crippen LogP contribution is 2.61. The van der Waals surface area contributed by atoms with Crippen molar-refractivity contribution in [3.63, 3.8) is 0 Å². The van der Waals surface area contributed by atoms with Crippen molar-refractivity contribution < 1.29 is 74.0 Å². The van der Waals surface area contributed by atoms with Crippen LogP contribution in [0.1, 0.15) is 197 Å². The lowest BCUT2D eigenvalue weighted by molar-refractivity contribution is -0.0463. The minimum absolute atomic E-state index is 0.0234. The number of sulfonamides is 1. The number of benzene rings is 8. The van der Waals surface area contributed by atoms with E-state index in [2.05, 4.69) is 46.4 Å². The average Bonchev–Trinajstić information content (AvgIpc) is 1.58. The number of halogens is 8. The SMILES string of the molecule is C[C@]12Cc3cnn(-c4ccc(F)c(F)c4)c3C=C1CC[C@@]2(O)CCc1cccc(F)c1C(N)=O.C[C@]12Cc3cnn(-c4ccc(F)c(F)c4)c3C=C1CC[C@@]2(O)CCc1ccccc1C(N)=O.C[C@]12Cc3cnn(-c4ccc(F)cc4)c3C=C1CC[C@@]2(O)/C=C/c1ccccc1S(N)(=O)=O.C[C@]12Cc3cnn(-c4ccc(F)cc4)c3C=C1CC[C@@]2(O)CCc1ccc(Cl)cc1C(N)=O. The van der Waals surface area contributed by atoms with E-state index >= 15 is 0 Å². The molecule has 0 saturated heterocycles. The number of nitrogens with two attached hydrogens (primary N) is 4. The van der Waals surface area contributed by atoms with E-state index < -0.39 is 101 Å². The van der Waals surface area contributed by atoms with Gasteiger partial charge in [0.1, 0.15) is 17.5 Å². The van der Waals surface area contributed by atoms with Crippen LogP contribution in [0, 0.1) is 62.4 Å². The van der Waals surface area contributed by atoms with Crippen LogP contribution < -0.4 is 22.3 Å². The Balaban J connectivity index is 0.000000124. The number of primary sulfonamides is 1. The Hall–Kier alpha value is -12.7. The fraction of sp³-hybridized carbons (Fsp3) is 0.291. The zero-order valence-corrected chi connectivity index (χ0v) is 74.9. The third-order valence-electron chi connectivity index (χ3n) is 29.6. The summed E-state index contributed by atoms with van der Waals surface area (Å²) in [6.45, 7) is 8.22. The smallest absolute Gasteiger partial charge is 0.251 e. The molecule has 4 saturated carbocycles. The molecule has 0 radical (unpaired) electrons. The molecule has 686 valence electrons. The Kier molecular flexibility index (Phi) is 24.3. The molecule has 0 spiro atoms. The highest BCUT2D eigenvalue weighted by Gasteiger charge is 2.59. The fourth-order valence-corrected chi connectivity index (χ4v) is 22.4. The maximum absolute atomic E-state index is 14.2. The molecule has 8 aliphatic rings. The summed E-state index contributed by atoms with van der Waals surface area (Å²) in [5.74, 6) is -6.76. The monoisotopic (exact) mass is 1850 g/mol. The van der Waals surface area contributed by atoms with Crippen LogP contribution in [0.25, 0.3) is 53.1 Å². The first kappa shape index (κ1) is 92.1. The summed E-state index contributed by atoms with van der Waals surface area (Å²) >= 11 is 6.04. The quantitative estimate of drug-likeness (QED) is 0.0350. The molecule has 8 atom stereocenters. The minimum atomic E-state index is -3.88. The van der Waals surface area contributed by atoms with Crippen molar-refractivity contribution in [2.75, 3.05) is 0 Å². The van der Waals surface area contributed by atoms with E-state index in [-0.39, 0.29) is 22.1 Å². The number of carbonyl (C=O) groups excluding carboxylic acids is 3. The van der Waals surface area contributed by atoms with E-state index in [0.29, 0.717) is 141 Å². The number of aliphatic hydroxyl groups is 4. The molecule has 12 aromatic rings. The Labute approximate surface area is 768 Å². The van der Waals surface area contributed by atoms with Crippen molar-refractivity contribution in [3.05, 3.63) is 353 Å². The van der Waals surface area contributed by atoms with Gasteiger partial charge in [-0.3, -0.25) is 14.4 Å². The van der Waals surface area contributed by atoms with E-state index in [9.17, 15) is 74.0 Å². The van der Waals surface area contributed by atoms with Crippen LogP contribution in [0.15, 0.2) is 228 Å². The van der Waals surface area contributed by atoms with Crippen LogP contribution in [0.4, 0.5) is 30.7 Å². The van der Waals surface area contributed by atoms with Gasteiger partial charge in [0.2, 0.25) is 21.8 Å². The molecule has 12 N–H and O–H groups in total. The molecule has 133 heavy (non-hydrogen) atoms. The van der Waals surface area contributed by atoms with E-state index in [1.807, 2.05) is 55.1 Å². The van der Waals surface area contributed by atoms with Crippen LogP contribution in [0.5, 0.6) is 0 Å². The summed E-state index contributed by atoms with van der Waals surface area (Å²) in [4.78, 5) is 35.4. The molecular weight excluding hydrogens is 1750 g/mol. The van der Waals surface area contributed by atoms with Gasteiger partial charge in [0.05, 0.1) is 103 Å². The maximum atomic E-state index is 14.2. The predicted octanol–water partition coefficient (Wildman–Crippen LogP) is 17.6. The Morgan fingerprint density at radius 2 is 0.789 bits per heavy atom. The number of hydrogen-bond acceptors (Lipinski definition) is 13. The number of carbonyl (C=O) groups is 3. The van der Waals surface area contributed by atoms with Gasteiger partial charge in [0.15, 0.2) is 23.3 Å². The van der Waals surface area contributed by atoms with Crippen molar-refractivity contribution in [1.82, 2.24) is 39.1 Å². The summed E-state index contributed by atoms with van der Waals surface area (Å²) in [5, 5.41) is 70.7. The van der Waals surface area contributed by atoms with Gasteiger partial charge in [0, 0.05) is 49.9 Å². The van der Waals surface area contributed by atoms with E-state index in [4.69, 9.17) is 33.9 Å². The highest BCUT2D eigenvalue weighted by molar-refractivity contribution is 7.89. The number of amides is 3. The lowest BCUT2D eigenvalue weighted by Gasteiger charge is -2.42. The topological polar surface area (TPSA) is 342 Å². The van der Waals surface area contributed by atoms with Crippen LogP contribution in [0.3, 0.4) is 0 Å². The van der Waals surface area contributed by atoms with Gasteiger partial charge in [-0.2, -0.15) is 20.4 Å². The van der Waals surface area contributed by atoms with E-state index in [0.717, 1.165) is 121 Å². The summed E-state index contributed by atoms with van der Waals surface area (Å²) in [6, 6.07) is 43.1. The second kappa shape index (κ2) is 35.0. The highest BCUT2D eigenvalue weighted by atomic mass is 35.5. The van der Waals surface area contributed by atoms with Crippen LogP contribution in [0.2, 0.25) is 5.02 Å². The second-order valence-electron chi connectivity index (χ2n) is 37.0. The normalized spacial score (nSPS) is 23.8. The van der Waals surface area contributed by atoms with Crippen molar-refractivity contribution in [2.24, 2.45) is 44.0 Å². The Bertz CT molecular complexity index is 6990. The number of aryl methyl sites for hydroxylation is 3. The van der Waals surface area contributed by atoms with E-state index in [1.54, 1.807) is 118 Å². The number of primary amides is 3. The molecule has 30 heteroatoms. The van der Waals surface area contributed by atoms with Gasteiger partial charge >= 0.3 is 0 Å². The summed E-state index contributed by atoms with van der Waals surface area (Å²) < 4.78 is 126. The number of aromatic nitrogens is 8. The molecule has 21 nitrogen and oxygen atoms in total. The number of nitrogens with zero attached hydrogens (tertiary/aromatic N) is 8. The van der Waals surface area contributed by atoms with Gasteiger partial charge < -0.3 is 37.6 Å². The third-order valence-corrected chi connectivity index (χ3v) is 30.8. The summed E-state index contributed by atoms with van der Waals surface area (Å²) in [5.41, 5.74) is 27.8. The van der Waals surface area contributed by atoms with Crippen LogP contribution in [-0.2, 0) is 55.0 Å². The summed E-state index contributed by atoms with van der Waals surface area (Å²) in [7, 11) is -3.88. The van der Waals surface area contributed by atoms with Crippen molar-refractivity contribution in [3.8, 4) is 22.7 Å². The van der Waals surface area contributed by atoms with Crippen LogP contribution in [-0.4, -0.2) is 108 Å². The average molecular weight is 1850 g/mol. The summed E-state index contributed by atoms with van der Waals surface area (Å²) in [6.07, 6.45) is 28.8. The van der Waals surface area contributed by atoms with Gasteiger partial charge in [-0.15, -0.1) is 0 Å². The maximum Gasteiger partial charge on any atom is 0.251 e. The van der Waals surface area contributed by atoms with Crippen molar-refractivity contribution >= 4 is 69.7 Å². The molecule has 8 aromatic carbocycles. The Morgan fingerprint density at radius 1 is 0.414 bits per heavy atom. The van der Waals surface area contributed by atoms with Crippen LogP contribution >= 0.6 is 11.6 Å². The molecule has 3 amide bonds. The van der Waals surface area contributed by atoms with Gasteiger partial charge in [-0.05, 0) is 288 Å². The standard InChI is InChI=1S/C26H25ClFN3O2.C26H24F3N3O2.C26H25F2N3O2.C25H24FN3O3S/c1-25-14-17-15-30-31(21-6-4-20(28)5-7-21)23(17)12-18(25)9-11-26(25,33)10-8-16-2-3-19(27)13-22(16)24(29)32;1-25-13-16-14-31-32(18-5-6-19(27)21(29)12-18)22(16)11-17(25)8-10-26(25,34)9-7-15-3-2-4-20(28)23(15)24(30)33;1-25-14-17-15-30-31(19-6-7-21(27)22(28)13-19)23(17)12-18(25)9-11-26(25,33)10-8-16-4-2-3-5-20(16)24(29)32;1-24-15-18-16-28-29(21-8-6-20(26)7-9-21)22(18)14-19(24)11-13-25(24,30)12-10-17-4-2-3-5-23(17)33(27,31)32/h2-7,12-13,15,33H,8-11,14H2,1H3,(H2,29,32);2-6,11-12,14,34H,7-10,13H2,1H3,(H2,30,33);2-7,12-13,15,33H,8-11,14H2,1H3,(H2,29,32);2-10,12,14,16,30H,11,13,15H2,1H3,(H2,27,31,32)/b;;;12-10+/t3*25-,26-;24-,25-/m0000/s1. The Morgan fingerprint density at radius 3 is 1.22 bits per heavy atom. The van der Waals surface area contributed by atoms with Gasteiger partial charge in [-0.1, -0.05) is 128 Å². The predicted molar refractivity (Wildman–Crippen MR) is 492 cm³/mol. The zero-order valence-electron chi connectivity index (χ0n) is 73.3. The molecule has 4 heterocycles. The lowest BCUT2D eigenvalue weighted by Crippen LogP contribution is -2.45. The molecule has 0 aliphatic heterocycles. The number of rotatable bonds is 19. The first-order chi connectivity index (χ1) is 63.1. The molecule has 4 aromatic heterocycles. The van der Waals surface area contributed by atoms with E-state index in [1.165, 1.54) is 60.2 Å². The molecule has 8 aliphatic carbocycles. The van der Waals surface area contributed by atoms with Gasteiger partial charge in [0.25, 0.3) is 5.91 Å². The first-order valence-corrected chi connectivity index (χ1v) is 45.9.